The molecule has 1 aliphatic heterocycles. The SMILES string of the molecule is CCCC(C)NC(=O)CNCC1CCCO1. The molecule has 2 unspecified atom stereocenters. The molecule has 0 saturated carbocycles. The Kier molecular flexibility index (Phi) is 6.42. The van der Waals surface area contributed by atoms with E-state index in [1.54, 1.807) is 0 Å². The molecule has 1 aliphatic rings. The van der Waals surface area contributed by atoms with E-state index in [9.17, 15) is 4.79 Å². The molecule has 1 rings (SSSR count). The topological polar surface area (TPSA) is 50.4 Å². The lowest BCUT2D eigenvalue weighted by atomic mass is 10.2. The van der Waals surface area contributed by atoms with Gasteiger partial charge >= 0.3 is 0 Å². The third-order valence-corrected chi connectivity index (χ3v) is 2.81. The number of rotatable bonds is 7. The number of nitrogens with one attached hydrogen (secondary N) is 2. The lowest BCUT2D eigenvalue weighted by molar-refractivity contribution is -0.120. The summed E-state index contributed by atoms with van der Waals surface area (Å²) in [5.41, 5.74) is 0. The Balaban J connectivity index is 2.01. The Labute approximate surface area is 98.1 Å². The average Bonchev–Trinajstić information content (AvgIpc) is 2.70. The molecule has 0 aromatic rings. The molecule has 1 saturated heterocycles. The van der Waals surface area contributed by atoms with Crippen LogP contribution < -0.4 is 10.6 Å². The number of ether oxygens (including phenoxy) is 1. The summed E-state index contributed by atoms with van der Waals surface area (Å²) in [6, 6.07) is 0.280. The van der Waals surface area contributed by atoms with Crippen LogP contribution in [0.4, 0.5) is 0 Å². The van der Waals surface area contributed by atoms with Crippen molar-refractivity contribution in [1.82, 2.24) is 10.6 Å². The molecule has 2 N–H and O–H groups in total. The maximum Gasteiger partial charge on any atom is 0.234 e. The van der Waals surface area contributed by atoms with Crippen molar-refractivity contribution in [3.63, 3.8) is 0 Å². The number of carbonyl (C=O) groups is 1. The summed E-state index contributed by atoms with van der Waals surface area (Å²) >= 11 is 0. The predicted octanol–water partition coefficient (Wildman–Crippen LogP) is 1.06. The molecular weight excluding hydrogens is 204 g/mol. The van der Waals surface area contributed by atoms with Gasteiger partial charge in [0.1, 0.15) is 0 Å². The van der Waals surface area contributed by atoms with Crippen LogP contribution in [0.1, 0.15) is 39.5 Å². The van der Waals surface area contributed by atoms with Crippen molar-refractivity contribution in [3.05, 3.63) is 0 Å². The first-order valence-electron chi connectivity index (χ1n) is 6.34. The van der Waals surface area contributed by atoms with Gasteiger partial charge in [0.25, 0.3) is 0 Å². The van der Waals surface area contributed by atoms with E-state index >= 15 is 0 Å². The van der Waals surface area contributed by atoms with Crippen LogP contribution in [0.15, 0.2) is 0 Å². The van der Waals surface area contributed by atoms with Crippen molar-refractivity contribution >= 4 is 5.91 Å². The number of amides is 1. The molecule has 16 heavy (non-hydrogen) atoms. The van der Waals surface area contributed by atoms with Gasteiger partial charge in [0.15, 0.2) is 0 Å². The van der Waals surface area contributed by atoms with E-state index < -0.39 is 0 Å². The molecule has 0 aromatic carbocycles. The zero-order valence-corrected chi connectivity index (χ0v) is 10.4. The molecule has 1 amide bonds. The Morgan fingerprint density at radius 1 is 1.56 bits per heavy atom. The van der Waals surface area contributed by atoms with Gasteiger partial charge in [0.05, 0.1) is 12.6 Å². The third-order valence-electron chi connectivity index (χ3n) is 2.81. The maximum atomic E-state index is 11.5. The van der Waals surface area contributed by atoms with E-state index in [2.05, 4.69) is 17.6 Å². The second-order valence-electron chi connectivity index (χ2n) is 4.52. The van der Waals surface area contributed by atoms with Gasteiger partial charge in [0, 0.05) is 19.2 Å². The van der Waals surface area contributed by atoms with Gasteiger partial charge < -0.3 is 15.4 Å². The quantitative estimate of drug-likeness (QED) is 0.685. The Morgan fingerprint density at radius 3 is 3.00 bits per heavy atom. The third kappa shape index (κ3) is 5.47. The van der Waals surface area contributed by atoms with Crippen molar-refractivity contribution in [2.75, 3.05) is 19.7 Å². The lowest BCUT2D eigenvalue weighted by Gasteiger charge is -2.14. The second-order valence-corrected chi connectivity index (χ2v) is 4.52. The number of hydrogen-bond donors (Lipinski definition) is 2. The summed E-state index contributed by atoms with van der Waals surface area (Å²) in [6.45, 7) is 6.22. The van der Waals surface area contributed by atoms with Crippen LogP contribution in [0.5, 0.6) is 0 Å². The van der Waals surface area contributed by atoms with Crippen LogP contribution in [0, 0.1) is 0 Å². The number of carbonyl (C=O) groups excluding carboxylic acids is 1. The van der Waals surface area contributed by atoms with Gasteiger partial charge in [-0.05, 0) is 26.2 Å². The highest BCUT2D eigenvalue weighted by molar-refractivity contribution is 5.78. The van der Waals surface area contributed by atoms with Crippen LogP contribution in [0.25, 0.3) is 0 Å². The highest BCUT2D eigenvalue weighted by Crippen LogP contribution is 2.10. The minimum atomic E-state index is 0.0824. The fourth-order valence-electron chi connectivity index (χ4n) is 1.98. The summed E-state index contributed by atoms with van der Waals surface area (Å²) in [4.78, 5) is 11.5. The smallest absolute Gasteiger partial charge is 0.234 e. The molecule has 94 valence electrons. The zero-order valence-electron chi connectivity index (χ0n) is 10.4. The first kappa shape index (κ1) is 13.5. The van der Waals surface area contributed by atoms with Gasteiger partial charge in [-0.25, -0.2) is 0 Å². The summed E-state index contributed by atoms with van der Waals surface area (Å²) in [6.07, 6.45) is 4.70. The molecular formula is C12H24N2O2. The van der Waals surface area contributed by atoms with Crippen molar-refractivity contribution < 1.29 is 9.53 Å². The van der Waals surface area contributed by atoms with Crippen LogP contribution in [-0.4, -0.2) is 37.7 Å². The number of hydrogen-bond acceptors (Lipinski definition) is 3. The van der Waals surface area contributed by atoms with E-state index in [0.717, 1.165) is 38.8 Å². The average molecular weight is 228 g/mol. The Hall–Kier alpha value is -0.610. The van der Waals surface area contributed by atoms with Crippen LogP contribution >= 0.6 is 0 Å². The van der Waals surface area contributed by atoms with Crippen molar-refractivity contribution in [1.29, 1.82) is 0 Å². The van der Waals surface area contributed by atoms with Gasteiger partial charge in [-0.2, -0.15) is 0 Å². The molecule has 1 heterocycles. The summed E-state index contributed by atoms with van der Waals surface area (Å²) in [5, 5.41) is 6.10. The Morgan fingerprint density at radius 2 is 2.38 bits per heavy atom. The summed E-state index contributed by atoms with van der Waals surface area (Å²) in [7, 11) is 0. The first-order valence-corrected chi connectivity index (χ1v) is 6.34. The van der Waals surface area contributed by atoms with Gasteiger partial charge in [0.2, 0.25) is 5.91 Å². The highest BCUT2D eigenvalue weighted by atomic mass is 16.5. The molecule has 0 radical (unpaired) electrons. The van der Waals surface area contributed by atoms with E-state index in [0.29, 0.717) is 12.6 Å². The fraction of sp³-hybridized carbons (Fsp3) is 0.917. The first-order chi connectivity index (χ1) is 7.72. The van der Waals surface area contributed by atoms with Crippen LogP contribution in [0.3, 0.4) is 0 Å². The normalized spacial score (nSPS) is 22.0. The standard InChI is InChI=1S/C12H24N2O2/c1-3-5-10(2)14-12(15)9-13-8-11-6-4-7-16-11/h10-11,13H,3-9H2,1-2H3,(H,14,15). The minimum absolute atomic E-state index is 0.0824. The molecule has 0 aromatic heterocycles. The van der Waals surface area contributed by atoms with E-state index in [1.807, 2.05) is 6.92 Å². The molecule has 0 bridgehead atoms. The highest BCUT2D eigenvalue weighted by Gasteiger charge is 2.15. The van der Waals surface area contributed by atoms with Crippen molar-refractivity contribution in [2.24, 2.45) is 0 Å². The van der Waals surface area contributed by atoms with Crippen LogP contribution in [-0.2, 0) is 9.53 Å². The van der Waals surface area contributed by atoms with Crippen molar-refractivity contribution in [2.45, 2.75) is 51.7 Å². The molecule has 2 atom stereocenters. The van der Waals surface area contributed by atoms with E-state index in [1.165, 1.54) is 0 Å². The van der Waals surface area contributed by atoms with Gasteiger partial charge in [-0.1, -0.05) is 13.3 Å². The predicted molar refractivity (Wildman–Crippen MR) is 64.4 cm³/mol. The van der Waals surface area contributed by atoms with Gasteiger partial charge in [-0.15, -0.1) is 0 Å². The molecule has 4 heteroatoms. The molecule has 0 aliphatic carbocycles. The minimum Gasteiger partial charge on any atom is -0.377 e. The van der Waals surface area contributed by atoms with E-state index in [4.69, 9.17) is 4.74 Å². The van der Waals surface area contributed by atoms with E-state index in [-0.39, 0.29) is 11.9 Å². The fourth-order valence-corrected chi connectivity index (χ4v) is 1.98. The van der Waals surface area contributed by atoms with Gasteiger partial charge in [-0.3, -0.25) is 4.79 Å². The lowest BCUT2D eigenvalue weighted by Crippen LogP contribution is -2.40. The second kappa shape index (κ2) is 7.63. The monoisotopic (exact) mass is 228 g/mol. The van der Waals surface area contributed by atoms with Crippen LogP contribution in [0.2, 0.25) is 0 Å². The largest absolute Gasteiger partial charge is 0.377 e. The summed E-state index contributed by atoms with van der Waals surface area (Å²) in [5.74, 6) is 0.0824. The molecule has 1 fully saturated rings. The Bertz CT molecular complexity index is 203. The molecule has 0 spiro atoms. The summed E-state index contributed by atoms with van der Waals surface area (Å²) < 4.78 is 5.46. The zero-order chi connectivity index (χ0) is 11.8. The van der Waals surface area contributed by atoms with Crippen molar-refractivity contribution in [3.8, 4) is 0 Å². The molecule has 4 nitrogen and oxygen atoms in total. The maximum absolute atomic E-state index is 11.5.